The third-order valence-electron chi connectivity index (χ3n) is 2.96. The lowest BCUT2D eigenvalue weighted by Gasteiger charge is -2.08. The number of thiophene rings is 1. The third kappa shape index (κ3) is 5.27. The van der Waals surface area contributed by atoms with Crippen LogP contribution in [0.3, 0.4) is 0 Å². The summed E-state index contributed by atoms with van der Waals surface area (Å²) >= 11 is 5.00. The van der Waals surface area contributed by atoms with Crippen molar-refractivity contribution >= 4 is 44.8 Å². The molecular formula is C16H16BrNO3S. The zero-order chi connectivity index (χ0) is 15.9. The van der Waals surface area contributed by atoms with Gasteiger partial charge in [-0.15, -0.1) is 11.3 Å². The quantitative estimate of drug-likeness (QED) is 0.771. The summed E-state index contributed by atoms with van der Waals surface area (Å²) in [7, 11) is 0. The van der Waals surface area contributed by atoms with Gasteiger partial charge in [-0.2, -0.15) is 0 Å². The lowest BCUT2D eigenvalue weighted by Crippen LogP contribution is -2.21. The van der Waals surface area contributed by atoms with E-state index < -0.39 is 0 Å². The van der Waals surface area contributed by atoms with Gasteiger partial charge in [-0.05, 0) is 48.6 Å². The van der Waals surface area contributed by atoms with Crippen LogP contribution in [-0.2, 0) is 20.7 Å². The van der Waals surface area contributed by atoms with E-state index in [0.717, 1.165) is 14.9 Å². The van der Waals surface area contributed by atoms with Crippen molar-refractivity contribution in [2.75, 3.05) is 11.9 Å². The van der Waals surface area contributed by atoms with Gasteiger partial charge in [0, 0.05) is 15.0 Å². The summed E-state index contributed by atoms with van der Waals surface area (Å²) in [5.74, 6) is -0.707. The van der Waals surface area contributed by atoms with Gasteiger partial charge in [-0.25, -0.2) is 0 Å². The zero-order valence-corrected chi connectivity index (χ0v) is 14.5. The van der Waals surface area contributed by atoms with Crippen LogP contribution in [0.15, 0.2) is 40.2 Å². The lowest BCUT2D eigenvalue weighted by atomic mass is 10.2. The van der Waals surface area contributed by atoms with Gasteiger partial charge in [-0.3, -0.25) is 9.59 Å². The highest BCUT2D eigenvalue weighted by atomic mass is 79.9. The van der Waals surface area contributed by atoms with Gasteiger partial charge in [-0.1, -0.05) is 22.0 Å². The molecule has 0 saturated carbocycles. The SMILES string of the molecule is Cc1cc(NC(=O)COC(=O)CCc2cccs2)ccc1Br. The number of hydrogen-bond donors (Lipinski definition) is 1. The molecule has 116 valence electrons. The van der Waals surface area contributed by atoms with Crippen LogP contribution in [0.5, 0.6) is 0 Å². The molecule has 0 aliphatic rings. The van der Waals surface area contributed by atoms with Gasteiger partial charge in [0.25, 0.3) is 5.91 Å². The highest BCUT2D eigenvalue weighted by molar-refractivity contribution is 9.10. The largest absolute Gasteiger partial charge is 0.456 e. The average Bonchev–Trinajstić information content (AvgIpc) is 3.00. The summed E-state index contributed by atoms with van der Waals surface area (Å²) in [6.07, 6.45) is 0.926. The molecule has 0 unspecified atom stereocenters. The van der Waals surface area contributed by atoms with E-state index in [1.54, 1.807) is 17.4 Å². The van der Waals surface area contributed by atoms with Crippen LogP contribution in [-0.4, -0.2) is 18.5 Å². The fourth-order valence-corrected chi connectivity index (χ4v) is 2.77. The number of carbonyl (C=O) groups excluding carboxylic acids is 2. The molecule has 0 aliphatic heterocycles. The second-order valence-electron chi connectivity index (χ2n) is 4.75. The Bertz CT molecular complexity index is 655. The summed E-state index contributed by atoms with van der Waals surface area (Å²) in [6.45, 7) is 1.67. The molecule has 0 aliphatic carbocycles. The standard InChI is InChI=1S/C16H16BrNO3S/c1-11-9-12(4-6-14(11)17)18-15(19)10-21-16(20)7-5-13-3-2-8-22-13/h2-4,6,8-9H,5,7,10H2,1H3,(H,18,19). The van der Waals surface area contributed by atoms with E-state index in [-0.39, 0.29) is 24.9 Å². The molecule has 6 heteroatoms. The van der Waals surface area contributed by atoms with Crippen molar-refractivity contribution in [3.05, 3.63) is 50.6 Å². The van der Waals surface area contributed by atoms with Crippen molar-refractivity contribution < 1.29 is 14.3 Å². The molecule has 0 bridgehead atoms. The number of carbonyl (C=O) groups is 2. The van der Waals surface area contributed by atoms with Crippen LogP contribution in [0.1, 0.15) is 16.9 Å². The molecule has 0 saturated heterocycles. The van der Waals surface area contributed by atoms with E-state index in [1.807, 2.05) is 36.6 Å². The molecule has 4 nitrogen and oxygen atoms in total. The Hall–Kier alpha value is -1.66. The Kier molecular flexibility index (Phi) is 6.15. The van der Waals surface area contributed by atoms with Crippen LogP contribution >= 0.6 is 27.3 Å². The van der Waals surface area contributed by atoms with Crippen LogP contribution < -0.4 is 5.32 Å². The fraction of sp³-hybridized carbons (Fsp3) is 0.250. The summed E-state index contributed by atoms with van der Waals surface area (Å²) < 4.78 is 5.95. The lowest BCUT2D eigenvalue weighted by molar-refractivity contribution is -0.147. The third-order valence-corrected chi connectivity index (χ3v) is 4.79. The van der Waals surface area contributed by atoms with E-state index in [9.17, 15) is 9.59 Å². The fourth-order valence-electron chi connectivity index (χ4n) is 1.82. The number of nitrogens with one attached hydrogen (secondary N) is 1. The molecular weight excluding hydrogens is 366 g/mol. The molecule has 2 aromatic rings. The topological polar surface area (TPSA) is 55.4 Å². The van der Waals surface area contributed by atoms with E-state index in [4.69, 9.17) is 4.74 Å². The number of anilines is 1. The van der Waals surface area contributed by atoms with Crippen molar-refractivity contribution in [2.24, 2.45) is 0 Å². The minimum Gasteiger partial charge on any atom is -0.456 e. The Morgan fingerprint density at radius 1 is 1.32 bits per heavy atom. The van der Waals surface area contributed by atoms with E-state index >= 15 is 0 Å². The van der Waals surface area contributed by atoms with Gasteiger partial charge >= 0.3 is 5.97 Å². The molecule has 2 rings (SSSR count). The first kappa shape index (κ1) is 16.7. The van der Waals surface area contributed by atoms with Crippen LogP contribution in [0, 0.1) is 6.92 Å². The summed E-state index contributed by atoms with van der Waals surface area (Å²) in [5.41, 5.74) is 1.70. The van der Waals surface area contributed by atoms with Crippen LogP contribution in [0.4, 0.5) is 5.69 Å². The van der Waals surface area contributed by atoms with E-state index in [1.165, 1.54) is 0 Å². The number of halogens is 1. The molecule has 0 atom stereocenters. The molecule has 1 aromatic heterocycles. The molecule has 1 N–H and O–H groups in total. The number of hydrogen-bond acceptors (Lipinski definition) is 4. The summed E-state index contributed by atoms with van der Waals surface area (Å²) in [4.78, 5) is 24.5. The molecule has 1 aromatic carbocycles. The Morgan fingerprint density at radius 2 is 2.14 bits per heavy atom. The normalized spacial score (nSPS) is 10.3. The first-order valence-electron chi connectivity index (χ1n) is 6.78. The minimum absolute atomic E-state index is 0.265. The second-order valence-corrected chi connectivity index (χ2v) is 6.64. The Labute approximate surface area is 141 Å². The first-order chi connectivity index (χ1) is 10.5. The van der Waals surface area contributed by atoms with Gasteiger partial charge in [0.05, 0.1) is 6.42 Å². The number of aryl methyl sites for hydroxylation is 2. The van der Waals surface area contributed by atoms with Gasteiger partial charge < -0.3 is 10.1 Å². The Balaban J connectivity index is 1.72. The van der Waals surface area contributed by atoms with Crippen LogP contribution in [0.2, 0.25) is 0 Å². The van der Waals surface area contributed by atoms with E-state index in [2.05, 4.69) is 21.2 Å². The number of rotatable bonds is 6. The van der Waals surface area contributed by atoms with Gasteiger partial charge in [0.2, 0.25) is 0 Å². The first-order valence-corrected chi connectivity index (χ1v) is 8.46. The summed E-state index contributed by atoms with van der Waals surface area (Å²) in [6, 6.07) is 9.41. The number of ether oxygens (including phenoxy) is 1. The van der Waals surface area contributed by atoms with Crippen LogP contribution in [0.25, 0.3) is 0 Å². The zero-order valence-electron chi connectivity index (χ0n) is 12.1. The monoisotopic (exact) mass is 381 g/mol. The maximum Gasteiger partial charge on any atom is 0.306 e. The molecule has 0 radical (unpaired) electrons. The van der Waals surface area contributed by atoms with E-state index in [0.29, 0.717) is 12.1 Å². The van der Waals surface area contributed by atoms with Crippen molar-refractivity contribution in [1.29, 1.82) is 0 Å². The molecule has 1 heterocycles. The number of amides is 1. The molecule has 1 amide bonds. The Morgan fingerprint density at radius 3 is 2.82 bits per heavy atom. The van der Waals surface area contributed by atoms with Crippen molar-refractivity contribution in [3.63, 3.8) is 0 Å². The minimum atomic E-state index is -0.365. The predicted molar refractivity (Wildman–Crippen MR) is 91.1 cm³/mol. The smallest absolute Gasteiger partial charge is 0.306 e. The maximum atomic E-state index is 11.7. The van der Waals surface area contributed by atoms with Gasteiger partial charge in [0.1, 0.15) is 0 Å². The highest BCUT2D eigenvalue weighted by Crippen LogP contribution is 2.19. The van der Waals surface area contributed by atoms with Crippen molar-refractivity contribution in [3.8, 4) is 0 Å². The second kappa shape index (κ2) is 8.10. The molecule has 0 fully saturated rings. The van der Waals surface area contributed by atoms with Gasteiger partial charge in [0.15, 0.2) is 6.61 Å². The average molecular weight is 382 g/mol. The molecule has 0 spiro atoms. The van der Waals surface area contributed by atoms with Crippen molar-refractivity contribution in [1.82, 2.24) is 0 Å². The highest BCUT2D eigenvalue weighted by Gasteiger charge is 2.09. The van der Waals surface area contributed by atoms with Crippen molar-refractivity contribution in [2.45, 2.75) is 19.8 Å². The summed E-state index contributed by atoms with van der Waals surface area (Å²) in [5, 5.41) is 4.67. The maximum absolute atomic E-state index is 11.7. The molecule has 22 heavy (non-hydrogen) atoms. The number of benzene rings is 1. The number of esters is 1. The predicted octanol–water partition coefficient (Wildman–Crippen LogP) is 3.93.